The molecule has 10 aromatic rings. The summed E-state index contributed by atoms with van der Waals surface area (Å²) in [6, 6.07) is 59.6. The molecule has 0 unspecified atom stereocenters. The SMILES string of the molecule is NC(=NC(=NCc1cccc2oc3ccc(-c4ccc(-c5nc(-c6ccccc6)c6sc7ccccc7c6n5)cc4)cc3c12)c1ccccc1)c1ccccc1. The highest BCUT2D eigenvalue weighted by molar-refractivity contribution is 7.26. The van der Waals surface area contributed by atoms with Crippen molar-refractivity contribution in [1.82, 2.24) is 9.97 Å². The molecule has 0 aliphatic carbocycles. The maximum absolute atomic E-state index is 6.48. The van der Waals surface area contributed by atoms with Crippen molar-refractivity contribution in [1.29, 1.82) is 0 Å². The van der Waals surface area contributed by atoms with E-state index in [9.17, 15) is 0 Å². The molecule has 266 valence electrons. The van der Waals surface area contributed by atoms with E-state index in [4.69, 9.17) is 30.1 Å². The minimum absolute atomic E-state index is 0.398. The highest BCUT2D eigenvalue weighted by Gasteiger charge is 2.17. The van der Waals surface area contributed by atoms with E-state index in [1.807, 2.05) is 78.9 Å². The van der Waals surface area contributed by atoms with Crippen LogP contribution in [0.25, 0.3) is 76.0 Å². The van der Waals surface area contributed by atoms with E-state index in [0.717, 1.165) is 82.2 Å². The summed E-state index contributed by atoms with van der Waals surface area (Å²) in [5.74, 6) is 1.70. The molecule has 0 radical (unpaired) electrons. The van der Waals surface area contributed by atoms with Crippen LogP contribution in [-0.2, 0) is 6.54 Å². The van der Waals surface area contributed by atoms with Crippen LogP contribution < -0.4 is 5.73 Å². The fourth-order valence-corrected chi connectivity index (χ4v) is 8.41. The van der Waals surface area contributed by atoms with Gasteiger partial charge in [-0.15, -0.1) is 11.3 Å². The minimum atomic E-state index is 0.398. The average Bonchev–Trinajstić information content (AvgIpc) is 3.84. The second-order valence-corrected chi connectivity index (χ2v) is 14.6. The highest BCUT2D eigenvalue weighted by atomic mass is 32.1. The maximum atomic E-state index is 6.48. The molecule has 0 atom stereocenters. The molecule has 0 saturated heterocycles. The van der Waals surface area contributed by atoms with Gasteiger partial charge in [0.1, 0.15) is 17.0 Å². The third-order valence-electron chi connectivity index (χ3n) is 10.1. The Morgan fingerprint density at radius 1 is 0.571 bits per heavy atom. The molecule has 7 heteroatoms. The summed E-state index contributed by atoms with van der Waals surface area (Å²) in [6.07, 6.45) is 0. The molecule has 3 heterocycles. The van der Waals surface area contributed by atoms with Gasteiger partial charge in [0.25, 0.3) is 0 Å². The number of rotatable bonds is 7. The normalized spacial score (nSPS) is 12.3. The number of aromatic nitrogens is 2. The third kappa shape index (κ3) is 6.20. The second kappa shape index (κ2) is 14.2. The fourth-order valence-electron chi connectivity index (χ4n) is 7.26. The van der Waals surface area contributed by atoms with Crippen LogP contribution in [0, 0.1) is 0 Å². The van der Waals surface area contributed by atoms with Crippen LogP contribution in [0.15, 0.2) is 190 Å². The largest absolute Gasteiger partial charge is 0.456 e. The van der Waals surface area contributed by atoms with Crippen molar-refractivity contribution in [2.75, 3.05) is 0 Å². The lowest BCUT2D eigenvalue weighted by atomic mass is 10.00. The summed E-state index contributed by atoms with van der Waals surface area (Å²) >= 11 is 1.74. The minimum Gasteiger partial charge on any atom is -0.456 e. The lowest BCUT2D eigenvalue weighted by molar-refractivity contribution is 0.668. The van der Waals surface area contributed by atoms with Crippen LogP contribution in [-0.4, -0.2) is 21.6 Å². The van der Waals surface area contributed by atoms with Crippen molar-refractivity contribution in [3.63, 3.8) is 0 Å². The number of nitrogens with two attached hydrogens (primary N) is 1. The average molecular weight is 740 g/mol. The van der Waals surface area contributed by atoms with Gasteiger partial charge in [-0.3, -0.25) is 4.99 Å². The zero-order chi connectivity index (χ0) is 37.4. The molecule has 0 spiro atoms. The Bertz CT molecular complexity index is 3100. The second-order valence-electron chi connectivity index (χ2n) is 13.6. The first kappa shape index (κ1) is 33.4. The molecule has 0 aliphatic heterocycles. The summed E-state index contributed by atoms with van der Waals surface area (Å²) in [6.45, 7) is 0.398. The molecule has 7 aromatic carbocycles. The van der Waals surface area contributed by atoms with E-state index >= 15 is 0 Å². The van der Waals surface area contributed by atoms with Crippen LogP contribution in [0.1, 0.15) is 16.7 Å². The smallest absolute Gasteiger partial charge is 0.160 e. The van der Waals surface area contributed by atoms with E-state index in [1.54, 1.807) is 11.3 Å². The number of fused-ring (bicyclic) bond motifs is 6. The van der Waals surface area contributed by atoms with Gasteiger partial charge in [-0.1, -0.05) is 152 Å². The number of benzene rings is 7. The lowest BCUT2D eigenvalue weighted by Crippen LogP contribution is -2.16. The molecule has 0 saturated carbocycles. The molecule has 2 N–H and O–H groups in total. The molecule has 0 amide bonds. The van der Waals surface area contributed by atoms with Gasteiger partial charge in [0.05, 0.1) is 22.5 Å². The van der Waals surface area contributed by atoms with Gasteiger partial charge in [0, 0.05) is 43.1 Å². The zero-order valence-corrected chi connectivity index (χ0v) is 30.9. The fraction of sp³-hybridized carbons (Fsp3) is 0.0204. The molecule has 0 bridgehead atoms. The molecule has 10 rings (SSSR count). The molecule has 6 nitrogen and oxygen atoms in total. The summed E-state index contributed by atoms with van der Waals surface area (Å²) in [4.78, 5) is 20.1. The van der Waals surface area contributed by atoms with Gasteiger partial charge in [0.15, 0.2) is 11.7 Å². The van der Waals surface area contributed by atoms with Gasteiger partial charge in [0.2, 0.25) is 0 Å². The van der Waals surface area contributed by atoms with Gasteiger partial charge in [-0.2, -0.15) is 0 Å². The molecular weight excluding hydrogens is 707 g/mol. The summed E-state index contributed by atoms with van der Waals surface area (Å²) < 4.78 is 8.68. The Labute approximate surface area is 327 Å². The van der Waals surface area contributed by atoms with Crippen LogP contribution in [0.4, 0.5) is 0 Å². The Morgan fingerprint density at radius 2 is 1.25 bits per heavy atom. The number of hydrogen-bond donors (Lipinski definition) is 1. The van der Waals surface area contributed by atoms with Crippen molar-refractivity contribution in [2.24, 2.45) is 15.7 Å². The van der Waals surface area contributed by atoms with Crippen LogP contribution >= 0.6 is 11.3 Å². The van der Waals surface area contributed by atoms with Crippen LogP contribution in [0.5, 0.6) is 0 Å². The number of hydrogen-bond acceptors (Lipinski definition) is 5. The standard InChI is InChI=1S/C49H33N5OS/c50-47(33-15-6-2-7-16-33)54-48(34-17-8-3-9-18-34)51-30-37-19-12-21-41-43(37)39-29-36(27-28-40(39)55-41)31-23-25-35(26-24-31)49-52-44(32-13-4-1-5-14-32)46-45(53-49)38-20-10-11-22-42(38)56-46/h1-29H,30H2,(H2,50,51,54). The van der Waals surface area contributed by atoms with E-state index in [2.05, 4.69) is 97.1 Å². The van der Waals surface area contributed by atoms with Gasteiger partial charge < -0.3 is 10.2 Å². The van der Waals surface area contributed by atoms with E-state index in [0.29, 0.717) is 24.0 Å². The van der Waals surface area contributed by atoms with Crippen molar-refractivity contribution in [3.8, 4) is 33.8 Å². The first-order valence-electron chi connectivity index (χ1n) is 18.5. The van der Waals surface area contributed by atoms with E-state index in [-0.39, 0.29) is 0 Å². The molecule has 0 fully saturated rings. The quantitative estimate of drug-likeness (QED) is 0.130. The van der Waals surface area contributed by atoms with Gasteiger partial charge in [-0.05, 0) is 41.0 Å². The number of amidine groups is 2. The zero-order valence-electron chi connectivity index (χ0n) is 30.1. The van der Waals surface area contributed by atoms with Crippen molar-refractivity contribution >= 4 is 65.2 Å². The van der Waals surface area contributed by atoms with E-state index in [1.165, 1.54) is 4.70 Å². The number of thiophene rings is 1. The van der Waals surface area contributed by atoms with Gasteiger partial charge >= 0.3 is 0 Å². The number of nitrogens with zero attached hydrogens (tertiary/aromatic N) is 4. The first-order chi connectivity index (χ1) is 27.7. The highest BCUT2D eigenvalue weighted by Crippen LogP contribution is 2.40. The summed E-state index contributed by atoms with van der Waals surface area (Å²) in [5.41, 5.74) is 17.1. The maximum Gasteiger partial charge on any atom is 0.160 e. The van der Waals surface area contributed by atoms with Gasteiger partial charge in [-0.25, -0.2) is 15.0 Å². The summed E-state index contributed by atoms with van der Waals surface area (Å²) in [5, 5.41) is 3.22. The topological polar surface area (TPSA) is 89.7 Å². The van der Waals surface area contributed by atoms with Crippen molar-refractivity contribution < 1.29 is 4.42 Å². The first-order valence-corrected chi connectivity index (χ1v) is 19.3. The monoisotopic (exact) mass is 739 g/mol. The van der Waals surface area contributed by atoms with Crippen molar-refractivity contribution in [2.45, 2.75) is 6.54 Å². The summed E-state index contributed by atoms with van der Waals surface area (Å²) in [7, 11) is 0. The molecule has 0 aliphatic rings. The number of aliphatic imine (C=N–C) groups is 2. The Hall–Kier alpha value is -7.22. The molecule has 3 aromatic heterocycles. The van der Waals surface area contributed by atoms with Crippen molar-refractivity contribution in [3.05, 3.63) is 193 Å². The van der Waals surface area contributed by atoms with E-state index < -0.39 is 0 Å². The molecule has 56 heavy (non-hydrogen) atoms. The Kier molecular flexibility index (Phi) is 8.46. The lowest BCUT2D eigenvalue weighted by Gasteiger charge is -2.08. The number of furan rings is 1. The van der Waals surface area contributed by atoms with Crippen LogP contribution in [0.3, 0.4) is 0 Å². The predicted octanol–water partition coefficient (Wildman–Crippen LogP) is 12.1. The predicted molar refractivity (Wildman–Crippen MR) is 232 cm³/mol. The molecular formula is C49H33N5OS. The Balaban J connectivity index is 1.02. The van der Waals surface area contributed by atoms with Crippen LogP contribution in [0.2, 0.25) is 0 Å². The third-order valence-corrected chi connectivity index (χ3v) is 11.2. The Morgan fingerprint density at radius 3 is 2.04 bits per heavy atom.